The molecule has 0 saturated carbocycles. The Labute approximate surface area is 118 Å². The van der Waals surface area contributed by atoms with Crippen molar-refractivity contribution in [2.24, 2.45) is 0 Å². The highest BCUT2D eigenvalue weighted by Gasteiger charge is 2.09. The van der Waals surface area contributed by atoms with Crippen LogP contribution in [0, 0.1) is 0 Å². The van der Waals surface area contributed by atoms with Gasteiger partial charge in [0.15, 0.2) is 5.75 Å². The normalized spacial score (nSPS) is 10.4. The molecule has 2 aromatic rings. The van der Waals surface area contributed by atoms with E-state index in [0.717, 1.165) is 6.26 Å². The fourth-order valence-corrected chi connectivity index (χ4v) is 1.93. The van der Waals surface area contributed by atoms with E-state index in [4.69, 9.17) is 32.7 Å². The number of aromatic carboxylic acids is 1. The van der Waals surface area contributed by atoms with Crippen molar-refractivity contribution < 1.29 is 19.4 Å². The van der Waals surface area contributed by atoms with Gasteiger partial charge >= 0.3 is 5.97 Å². The van der Waals surface area contributed by atoms with Gasteiger partial charge in [-0.25, -0.2) is 4.79 Å². The molecule has 19 heavy (non-hydrogen) atoms. The zero-order valence-corrected chi connectivity index (χ0v) is 11.0. The van der Waals surface area contributed by atoms with E-state index in [1.807, 2.05) is 0 Å². The number of anilines is 1. The molecule has 3 N–H and O–H groups in total. The number of benzene rings is 1. The first-order chi connectivity index (χ1) is 8.97. The highest BCUT2D eigenvalue weighted by molar-refractivity contribution is 6.37. The summed E-state index contributed by atoms with van der Waals surface area (Å²) in [6.45, 7) is 0.269. The number of furan rings is 1. The summed E-state index contributed by atoms with van der Waals surface area (Å²) in [5.41, 5.74) is 0.666. The zero-order chi connectivity index (χ0) is 14.0. The minimum Gasteiger partial charge on any atom is -0.505 e. The minimum atomic E-state index is -1.05. The van der Waals surface area contributed by atoms with Crippen LogP contribution in [0.5, 0.6) is 5.75 Å². The summed E-state index contributed by atoms with van der Waals surface area (Å²) in [5.74, 6) is -0.775. The van der Waals surface area contributed by atoms with E-state index in [9.17, 15) is 9.90 Å². The van der Waals surface area contributed by atoms with E-state index in [1.165, 1.54) is 18.2 Å². The molecule has 2 rings (SSSR count). The van der Waals surface area contributed by atoms with Crippen molar-refractivity contribution >= 4 is 34.9 Å². The summed E-state index contributed by atoms with van der Waals surface area (Å²) >= 11 is 11.5. The molecule has 1 aromatic heterocycles. The van der Waals surface area contributed by atoms with Crippen LogP contribution in [0.3, 0.4) is 0 Å². The molecule has 100 valence electrons. The Bertz CT molecular complexity index is 601. The molecule has 0 fully saturated rings. The Hall–Kier alpha value is -1.85. The minimum absolute atomic E-state index is 0.0820. The molecule has 0 unspecified atom stereocenters. The summed E-state index contributed by atoms with van der Waals surface area (Å²) in [7, 11) is 0. The summed E-state index contributed by atoms with van der Waals surface area (Å²) < 4.78 is 5.07. The summed E-state index contributed by atoms with van der Waals surface area (Å²) in [5, 5.41) is 21.4. The van der Waals surface area contributed by atoms with Crippen LogP contribution in [0.1, 0.15) is 16.1 Å². The summed E-state index contributed by atoms with van der Waals surface area (Å²) in [6, 6.07) is 4.42. The number of carboxylic acids is 1. The predicted octanol–water partition coefficient (Wildman–Crippen LogP) is 3.60. The largest absolute Gasteiger partial charge is 0.505 e. The smallest absolute Gasteiger partial charge is 0.338 e. The molecule has 7 heteroatoms. The highest BCUT2D eigenvalue weighted by Crippen LogP contribution is 2.34. The molecule has 1 heterocycles. The van der Waals surface area contributed by atoms with Crippen LogP contribution in [0.25, 0.3) is 0 Å². The van der Waals surface area contributed by atoms with E-state index < -0.39 is 5.97 Å². The Balaban J connectivity index is 2.08. The number of hydrogen-bond acceptors (Lipinski definition) is 4. The maximum atomic E-state index is 10.7. The molecule has 0 aliphatic carbocycles. The first-order valence-corrected chi connectivity index (χ1v) is 5.95. The van der Waals surface area contributed by atoms with Crippen molar-refractivity contribution in [3.8, 4) is 5.75 Å². The molecular formula is C12H9Cl2NO4. The van der Waals surface area contributed by atoms with Crippen molar-refractivity contribution in [1.29, 1.82) is 0 Å². The Morgan fingerprint density at radius 2 is 1.89 bits per heavy atom. The third kappa shape index (κ3) is 3.13. The van der Waals surface area contributed by atoms with Gasteiger partial charge in [-0.1, -0.05) is 23.2 Å². The standard InChI is InChI=1S/C12H9Cl2NO4/c13-9-2-7(3-10(14)11(9)16)15-4-8-1-6(5-19-8)12(17)18/h1-3,5,15-16H,4H2,(H,17,18). The lowest BCUT2D eigenvalue weighted by Gasteiger charge is -2.07. The lowest BCUT2D eigenvalue weighted by Crippen LogP contribution is -1.98. The first kappa shape index (κ1) is 13.6. The van der Waals surface area contributed by atoms with E-state index in [2.05, 4.69) is 5.32 Å². The van der Waals surface area contributed by atoms with E-state index in [0.29, 0.717) is 11.4 Å². The van der Waals surface area contributed by atoms with Crippen LogP contribution in [0.2, 0.25) is 10.0 Å². The number of phenolic OH excluding ortho intramolecular Hbond substituents is 1. The van der Waals surface area contributed by atoms with Crippen molar-refractivity contribution in [3.63, 3.8) is 0 Å². The van der Waals surface area contributed by atoms with Gasteiger partial charge in [-0.2, -0.15) is 0 Å². The van der Waals surface area contributed by atoms with Crippen molar-refractivity contribution in [1.82, 2.24) is 0 Å². The SMILES string of the molecule is O=C(O)c1coc(CNc2cc(Cl)c(O)c(Cl)c2)c1. The number of carboxylic acid groups (broad SMARTS) is 1. The first-order valence-electron chi connectivity index (χ1n) is 5.20. The molecule has 0 aliphatic heterocycles. The summed E-state index contributed by atoms with van der Waals surface area (Å²) in [6.07, 6.45) is 1.16. The molecule has 5 nitrogen and oxygen atoms in total. The third-order valence-corrected chi connectivity index (χ3v) is 2.96. The van der Waals surface area contributed by atoms with Crippen molar-refractivity contribution in [3.05, 3.63) is 45.8 Å². The van der Waals surface area contributed by atoms with Gasteiger partial charge in [0.2, 0.25) is 0 Å². The van der Waals surface area contributed by atoms with Crippen LogP contribution in [-0.2, 0) is 6.54 Å². The average molecular weight is 302 g/mol. The summed E-state index contributed by atoms with van der Waals surface area (Å²) in [4.78, 5) is 10.7. The monoisotopic (exact) mass is 301 g/mol. The fraction of sp³-hybridized carbons (Fsp3) is 0.0833. The molecule has 0 spiro atoms. The zero-order valence-electron chi connectivity index (χ0n) is 9.48. The lowest BCUT2D eigenvalue weighted by molar-refractivity contribution is 0.0696. The molecule has 0 aliphatic rings. The molecule has 0 amide bonds. The Kier molecular flexibility index (Phi) is 3.87. The average Bonchev–Trinajstić information content (AvgIpc) is 2.82. The molecule has 0 radical (unpaired) electrons. The van der Waals surface area contributed by atoms with Crippen LogP contribution in [-0.4, -0.2) is 16.2 Å². The van der Waals surface area contributed by atoms with Gasteiger partial charge in [-0.3, -0.25) is 0 Å². The second-order valence-corrected chi connectivity index (χ2v) is 4.56. The molecule has 0 saturated heterocycles. The van der Waals surface area contributed by atoms with Gasteiger partial charge in [-0.15, -0.1) is 0 Å². The number of phenols is 1. The van der Waals surface area contributed by atoms with Gasteiger partial charge < -0.3 is 19.9 Å². The molecular weight excluding hydrogens is 293 g/mol. The molecule has 0 bridgehead atoms. The van der Waals surface area contributed by atoms with Crippen LogP contribution < -0.4 is 5.32 Å². The number of aromatic hydroxyl groups is 1. The number of hydrogen-bond donors (Lipinski definition) is 3. The lowest BCUT2D eigenvalue weighted by atomic mass is 10.3. The maximum Gasteiger partial charge on any atom is 0.338 e. The van der Waals surface area contributed by atoms with Crippen LogP contribution in [0.4, 0.5) is 5.69 Å². The Morgan fingerprint density at radius 3 is 2.42 bits per heavy atom. The topological polar surface area (TPSA) is 82.7 Å². The van der Waals surface area contributed by atoms with E-state index in [-0.39, 0.29) is 27.9 Å². The number of halogens is 2. The van der Waals surface area contributed by atoms with Crippen LogP contribution in [0.15, 0.2) is 28.9 Å². The maximum absolute atomic E-state index is 10.7. The van der Waals surface area contributed by atoms with E-state index >= 15 is 0 Å². The van der Waals surface area contributed by atoms with Crippen molar-refractivity contribution in [2.45, 2.75) is 6.54 Å². The highest BCUT2D eigenvalue weighted by atomic mass is 35.5. The van der Waals surface area contributed by atoms with Crippen molar-refractivity contribution in [2.75, 3.05) is 5.32 Å². The van der Waals surface area contributed by atoms with E-state index in [1.54, 1.807) is 0 Å². The predicted molar refractivity (Wildman–Crippen MR) is 71.1 cm³/mol. The molecule has 0 atom stereocenters. The number of carbonyl (C=O) groups is 1. The van der Waals surface area contributed by atoms with Crippen LogP contribution >= 0.6 is 23.2 Å². The third-order valence-electron chi connectivity index (χ3n) is 2.38. The second-order valence-electron chi connectivity index (χ2n) is 3.75. The fourth-order valence-electron chi connectivity index (χ4n) is 1.44. The Morgan fingerprint density at radius 1 is 1.26 bits per heavy atom. The quantitative estimate of drug-likeness (QED) is 0.752. The second kappa shape index (κ2) is 5.42. The van der Waals surface area contributed by atoms with Gasteiger partial charge in [0.1, 0.15) is 12.0 Å². The number of rotatable bonds is 4. The van der Waals surface area contributed by atoms with Gasteiger partial charge in [0, 0.05) is 5.69 Å². The van der Waals surface area contributed by atoms with Gasteiger partial charge in [0.25, 0.3) is 0 Å². The van der Waals surface area contributed by atoms with Gasteiger partial charge in [-0.05, 0) is 18.2 Å². The number of nitrogens with one attached hydrogen (secondary N) is 1. The molecule has 1 aromatic carbocycles. The van der Waals surface area contributed by atoms with Gasteiger partial charge in [0.05, 0.1) is 22.2 Å².